The average Bonchev–Trinajstić information content (AvgIpc) is 2.48. The number of hydrazine groups is 1. The van der Waals surface area contributed by atoms with Gasteiger partial charge >= 0.3 is 0 Å². The molecule has 0 saturated carbocycles. The summed E-state index contributed by atoms with van der Waals surface area (Å²) in [5, 5.41) is 0.415. The third-order valence-corrected chi connectivity index (χ3v) is 4.64. The molecule has 1 amide bonds. The first kappa shape index (κ1) is 17.0. The Kier molecular flexibility index (Phi) is 5.25. The van der Waals surface area contributed by atoms with Crippen LogP contribution in [-0.2, 0) is 10.0 Å². The van der Waals surface area contributed by atoms with Crippen LogP contribution in [0.5, 0.6) is 0 Å². The van der Waals surface area contributed by atoms with Gasteiger partial charge in [0.15, 0.2) is 0 Å². The molecule has 0 aliphatic carbocycles. The van der Waals surface area contributed by atoms with E-state index >= 15 is 0 Å². The predicted octanol–water partition coefficient (Wildman–Crippen LogP) is 2.67. The number of nitrogens with zero attached hydrogens (tertiary/aromatic N) is 1. The van der Waals surface area contributed by atoms with Crippen molar-refractivity contribution in [1.29, 1.82) is 0 Å². The van der Waals surface area contributed by atoms with Gasteiger partial charge in [-0.25, -0.2) is 13.4 Å². The summed E-state index contributed by atoms with van der Waals surface area (Å²) < 4.78 is 24.0. The lowest BCUT2D eigenvalue weighted by molar-refractivity contribution is 0.0945. The third kappa shape index (κ3) is 4.08. The largest absolute Gasteiger partial charge is 0.273 e. The Balaban J connectivity index is 2.10. The van der Waals surface area contributed by atoms with E-state index in [1.54, 1.807) is 0 Å². The van der Waals surface area contributed by atoms with E-state index in [2.05, 4.69) is 10.4 Å². The second kappa shape index (κ2) is 6.80. The summed E-state index contributed by atoms with van der Waals surface area (Å²) in [5.41, 5.74) is 2.30. The molecule has 6 nitrogen and oxygen atoms in total. The van der Waals surface area contributed by atoms with Crippen molar-refractivity contribution in [2.75, 3.05) is 0 Å². The Morgan fingerprint density at radius 1 is 1.09 bits per heavy atom. The van der Waals surface area contributed by atoms with E-state index in [0.717, 1.165) is 12.3 Å². The molecular weight excluding hydrogens is 373 g/mol. The van der Waals surface area contributed by atoms with Crippen LogP contribution in [-0.4, -0.2) is 19.3 Å². The van der Waals surface area contributed by atoms with Crippen LogP contribution >= 0.6 is 34.8 Å². The third-order valence-electron chi connectivity index (χ3n) is 2.49. The van der Waals surface area contributed by atoms with Crippen molar-refractivity contribution >= 4 is 50.7 Å². The van der Waals surface area contributed by atoms with Crippen molar-refractivity contribution in [3.63, 3.8) is 0 Å². The molecule has 2 aromatic rings. The molecule has 0 radical (unpaired) electrons. The molecule has 10 heteroatoms. The SMILES string of the molecule is O=C(NNS(=O)(=O)c1cnc(Cl)c(Cl)c1)c1ccc(Cl)cc1. The molecule has 2 N–H and O–H groups in total. The number of aromatic nitrogens is 1. The number of carbonyl (C=O) groups excluding carboxylic acids is 1. The number of amides is 1. The smallest absolute Gasteiger partial charge is 0.266 e. The van der Waals surface area contributed by atoms with Crippen molar-refractivity contribution in [3.8, 4) is 0 Å². The number of nitrogens with one attached hydrogen (secondary N) is 2. The predicted molar refractivity (Wildman–Crippen MR) is 83.5 cm³/mol. The lowest BCUT2D eigenvalue weighted by Gasteiger charge is -2.08. The Morgan fingerprint density at radius 3 is 2.32 bits per heavy atom. The fourth-order valence-corrected chi connectivity index (χ4v) is 2.67. The Labute approximate surface area is 141 Å². The maximum Gasteiger partial charge on any atom is 0.266 e. The molecule has 22 heavy (non-hydrogen) atoms. The second-order valence-electron chi connectivity index (χ2n) is 4.01. The zero-order valence-electron chi connectivity index (χ0n) is 10.7. The summed E-state index contributed by atoms with van der Waals surface area (Å²) in [5.74, 6) is -0.645. The molecule has 0 bridgehead atoms. The van der Waals surface area contributed by atoms with Crippen molar-refractivity contribution in [2.24, 2.45) is 0 Å². The number of sulfonamides is 1. The molecule has 0 aliphatic rings. The van der Waals surface area contributed by atoms with Gasteiger partial charge in [-0.15, -0.1) is 4.83 Å². The zero-order chi connectivity index (χ0) is 16.3. The van der Waals surface area contributed by atoms with Gasteiger partial charge in [0.2, 0.25) is 0 Å². The highest BCUT2D eigenvalue weighted by Crippen LogP contribution is 2.21. The van der Waals surface area contributed by atoms with Gasteiger partial charge in [-0.05, 0) is 30.3 Å². The van der Waals surface area contributed by atoms with E-state index in [4.69, 9.17) is 34.8 Å². The molecule has 1 aromatic carbocycles. The summed E-state index contributed by atoms with van der Waals surface area (Å²) >= 11 is 17.0. The van der Waals surface area contributed by atoms with E-state index in [-0.39, 0.29) is 20.6 Å². The summed E-state index contributed by atoms with van der Waals surface area (Å²) in [6.07, 6.45) is 1.02. The summed E-state index contributed by atoms with van der Waals surface area (Å²) in [6.45, 7) is 0. The van der Waals surface area contributed by atoms with Crippen LogP contribution < -0.4 is 10.3 Å². The highest BCUT2D eigenvalue weighted by atomic mass is 35.5. The molecular formula is C12H8Cl3N3O3S. The average molecular weight is 381 g/mol. The molecule has 116 valence electrons. The van der Waals surface area contributed by atoms with Gasteiger partial charge in [0.05, 0.1) is 5.02 Å². The summed E-state index contributed by atoms with van der Waals surface area (Å²) in [6, 6.07) is 7.04. The molecule has 0 aliphatic heterocycles. The van der Waals surface area contributed by atoms with E-state index in [9.17, 15) is 13.2 Å². The molecule has 0 spiro atoms. The molecule has 0 fully saturated rings. The Morgan fingerprint density at radius 2 is 1.73 bits per heavy atom. The molecule has 0 atom stereocenters. The van der Waals surface area contributed by atoms with E-state index in [0.29, 0.717) is 5.02 Å². The van der Waals surface area contributed by atoms with Crippen LogP contribution in [0.2, 0.25) is 15.2 Å². The van der Waals surface area contributed by atoms with Crippen LogP contribution in [0.1, 0.15) is 10.4 Å². The first-order valence-electron chi connectivity index (χ1n) is 5.68. The minimum atomic E-state index is -4.02. The quantitative estimate of drug-likeness (QED) is 0.630. The Bertz CT molecular complexity index is 810. The van der Waals surface area contributed by atoms with Gasteiger partial charge < -0.3 is 0 Å². The normalized spacial score (nSPS) is 11.2. The molecule has 2 rings (SSSR count). The van der Waals surface area contributed by atoms with Crippen LogP contribution in [0.25, 0.3) is 0 Å². The first-order valence-corrected chi connectivity index (χ1v) is 8.30. The molecule has 1 aromatic heterocycles. The minimum Gasteiger partial charge on any atom is -0.273 e. The lowest BCUT2D eigenvalue weighted by Crippen LogP contribution is -2.41. The standard InChI is InChI=1S/C12H8Cl3N3O3S/c13-8-3-1-7(2-4-8)12(19)17-18-22(20,21)9-5-10(14)11(15)16-6-9/h1-6,18H,(H,17,19). The summed E-state index contributed by atoms with van der Waals surface area (Å²) in [7, 11) is -4.02. The Hall–Kier alpha value is -1.38. The number of hydrogen-bond donors (Lipinski definition) is 2. The molecule has 0 unspecified atom stereocenters. The van der Waals surface area contributed by atoms with Crippen molar-refractivity contribution in [1.82, 2.24) is 15.2 Å². The van der Waals surface area contributed by atoms with Crippen molar-refractivity contribution in [3.05, 3.63) is 57.3 Å². The van der Waals surface area contributed by atoms with Crippen molar-refractivity contribution in [2.45, 2.75) is 4.90 Å². The number of rotatable bonds is 4. The van der Waals surface area contributed by atoms with Gasteiger partial charge in [0.25, 0.3) is 15.9 Å². The monoisotopic (exact) mass is 379 g/mol. The topological polar surface area (TPSA) is 88.2 Å². The number of carbonyl (C=O) groups is 1. The van der Waals surface area contributed by atoms with Gasteiger partial charge in [0.1, 0.15) is 10.0 Å². The first-order chi connectivity index (χ1) is 10.3. The van der Waals surface area contributed by atoms with Crippen LogP contribution in [0.4, 0.5) is 0 Å². The van der Waals surface area contributed by atoms with Crippen molar-refractivity contribution < 1.29 is 13.2 Å². The number of halogens is 3. The summed E-state index contributed by atoms with van der Waals surface area (Å²) in [4.78, 5) is 17.1. The highest BCUT2D eigenvalue weighted by molar-refractivity contribution is 7.89. The van der Waals surface area contributed by atoms with Gasteiger partial charge in [-0.3, -0.25) is 10.2 Å². The number of benzene rings is 1. The van der Waals surface area contributed by atoms with E-state index in [1.807, 2.05) is 4.83 Å². The maximum atomic E-state index is 12.0. The fourth-order valence-electron chi connectivity index (χ4n) is 1.40. The zero-order valence-corrected chi connectivity index (χ0v) is 13.8. The second-order valence-corrected chi connectivity index (χ2v) is 6.89. The maximum absolute atomic E-state index is 12.0. The van der Waals surface area contributed by atoms with Crippen LogP contribution in [0, 0.1) is 0 Å². The number of hydrogen-bond acceptors (Lipinski definition) is 4. The van der Waals surface area contributed by atoms with E-state index < -0.39 is 15.9 Å². The molecule has 1 heterocycles. The van der Waals surface area contributed by atoms with Gasteiger partial charge in [0, 0.05) is 16.8 Å². The van der Waals surface area contributed by atoms with Crippen LogP contribution in [0.3, 0.4) is 0 Å². The highest BCUT2D eigenvalue weighted by Gasteiger charge is 2.17. The lowest BCUT2D eigenvalue weighted by atomic mass is 10.2. The molecule has 0 saturated heterocycles. The minimum absolute atomic E-state index is 0.0198. The fraction of sp³-hybridized carbons (Fsp3) is 0. The van der Waals surface area contributed by atoms with Gasteiger partial charge in [-0.1, -0.05) is 34.8 Å². The number of pyridine rings is 1. The van der Waals surface area contributed by atoms with E-state index in [1.165, 1.54) is 24.3 Å². The van der Waals surface area contributed by atoms with Gasteiger partial charge in [-0.2, -0.15) is 0 Å². The van der Waals surface area contributed by atoms with Crippen LogP contribution in [0.15, 0.2) is 41.4 Å².